The lowest BCUT2D eigenvalue weighted by Crippen LogP contribution is -2.14. The average molecular weight is 215 g/mol. The molecule has 0 saturated carbocycles. The second kappa shape index (κ2) is 5.07. The molecule has 1 unspecified atom stereocenters. The van der Waals surface area contributed by atoms with Crippen molar-refractivity contribution < 1.29 is 13.5 Å². The van der Waals surface area contributed by atoms with Crippen molar-refractivity contribution in [2.45, 2.75) is 13.3 Å². The minimum Gasteiger partial charge on any atom is -0.493 e. The Morgan fingerprint density at radius 1 is 1.40 bits per heavy atom. The van der Waals surface area contributed by atoms with Gasteiger partial charge >= 0.3 is 0 Å². The molecule has 84 valence electrons. The van der Waals surface area contributed by atoms with Crippen LogP contribution >= 0.6 is 0 Å². The summed E-state index contributed by atoms with van der Waals surface area (Å²) in [6.07, 6.45) is 0.508. The third-order valence-corrected chi connectivity index (χ3v) is 2.26. The molecule has 0 aromatic heterocycles. The number of halogens is 2. The van der Waals surface area contributed by atoms with Crippen molar-refractivity contribution >= 4 is 0 Å². The quantitative estimate of drug-likeness (QED) is 0.834. The molecular weight excluding hydrogens is 200 g/mol. The smallest absolute Gasteiger partial charge is 0.168 e. The number of hydrogen-bond acceptors (Lipinski definition) is 2. The van der Waals surface area contributed by atoms with E-state index in [1.54, 1.807) is 0 Å². The van der Waals surface area contributed by atoms with Crippen LogP contribution in [0.4, 0.5) is 8.78 Å². The second-order valence-corrected chi connectivity index (χ2v) is 3.62. The van der Waals surface area contributed by atoms with E-state index in [4.69, 9.17) is 10.5 Å². The van der Waals surface area contributed by atoms with E-state index >= 15 is 0 Å². The molecule has 1 atom stereocenters. The van der Waals surface area contributed by atoms with Gasteiger partial charge in [-0.15, -0.1) is 0 Å². The SMILES string of the molecule is COc1c(F)cc(F)cc1CC(C)CN. The van der Waals surface area contributed by atoms with Gasteiger partial charge in [-0.1, -0.05) is 6.92 Å². The Kier molecular flexibility index (Phi) is 4.03. The third kappa shape index (κ3) is 2.89. The minimum atomic E-state index is -0.670. The topological polar surface area (TPSA) is 35.2 Å². The highest BCUT2D eigenvalue weighted by molar-refractivity contribution is 5.35. The summed E-state index contributed by atoms with van der Waals surface area (Å²) < 4.78 is 31.1. The van der Waals surface area contributed by atoms with Gasteiger partial charge in [0.2, 0.25) is 0 Å². The van der Waals surface area contributed by atoms with Crippen LogP contribution in [0.3, 0.4) is 0 Å². The van der Waals surface area contributed by atoms with Gasteiger partial charge in [-0.05, 0) is 24.9 Å². The summed E-state index contributed by atoms with van der Waals surface area (Å²) in [5.74, 6) is -0.985. The van der Waals surface area contributed by atoms with Gasteiger partial charge in [0.15, 0.2) is 11.6 Å². The second-order valence-electron chi connectivity index (χ2n) is 3.62. The van der Waals surface area contributed by atoms with Crippen LogP contribution in [0.1, 0.15) is 12.5 Å². The van der Waals surface area contributed by atoms with Crippen molar-refractivity contribution in [1.82, 2.24) is 0 Å². The van der Waals surface area contributed by atoms with Crippen LogP contribution in [0.2, 0.25) is 0 Å². The maximum atomic E-state index is 13.3. The van der Waals surface area contributed by atoms with E-state index in [2.05, 4.69) is 0 Å². The number of nitrogens with two attached hydrogens (primary N) is 1. The van der Waals surface area contributed by atoms with Crippen molar-refractivity contribution in [1.29, 1.82) is 0 Å². The summed E-state index contributed by atoms with van der Waals surface area (Å²) in [6.45, 7) is 2.39. The molecule has 0 radical (unpaired) electrons. The molecule has 0 amide bonds. The summed E-state index contributed by atoms with van der Waals surface area (Å²) in [5.41, 5.74) is 5.98. The van der Waals surface area contributed by atoms with E-state index in [-0.39, 0.29) is 11.7 Å². The van der Waals surface area contributed by atoms with Crippen LogP contribution in [0.25, 0.3) is 0 Å². The summed E-state index contributed by atoms with van der Waals surface area (Å²) >= 11 is 0. The summed E-state index contributed by atoms with van der Waals surface area (Å²) in [5, 5.41) is 0. The van der Waals surface area contributed by atoms with Crippen molar-refractivity contribution in [3.8, 4) is 5.75 Å². The molecular formula is C11H15F2NO. The molecule has 2 nitrogen and oxygen atoms in total. The lowest BCUT2D eigenvalue weighted by atomic mass is 10.0. The Morgan fingerprint density at radius 3 is 2.60 bits per heavy atom. The molecule has 1 rings (SSSR count). The molecule has 1 aromatic rings. The molecule has 0 heterocycles. The highest BCUT2D eigenvalue weighted by Crippen LogP contribution is 2.26. The van der Waals surface area contributed by atoms with E-state index in [1.807, 2.05) is 6.92 Å². The molecule has 1 aromatic carbocycles. The Balaban J connectivity index is 3.03. The third-order valence-electron chi connectivity index (χ3n) is 2.26. The molecule has 4 heteroatoms. The first-order valence-electron chi connectivity index (χ1n) is 4.80. The van der Waals surface area contributed by atoms with Gasteiger partial charge in [-0.2, -0.15) is 0 Å². The maximum absolute atomic E-state index is 13.3. The first kappa shape index (κ1) is 11.9. The fraction of sp³-hybridized carbons (Fsp3) is 0.455. The Bertz CT molecular complexity index is 342. The number of benzene rings is 1. The molecule has 0 spiro atoms. The average Bonchev–Trinajstić information content (AvgIpc) is 2.17. The highest BCUT2D eigenvalue weighted by Gasteiger charge is 2.13. The first-order chi connectivity index (χ1) is 7.08. The molecule has 0 fully saturated rings. The largest absolute Gasteiger partial charge is 0.493 e. The van der Waals surface area contributed by atoms with Crippen LogP contribution in [-0.2, 0) is 6.42 Å². The van der Waals surface area contributed by atoms with Gasteiger partial charge in [0.25, 0.3) is 0 Å². The first-order valence-corrected chi connectivity index (χ1v) is 4.80. The van der Waals surface area contributed by atoms with Crippen LogP contribution in [-0.4, -0.2) is 13.7 Å². The standard InChI is InChI=1S/C11H15F2NO/c1-7(6-14)3-8-4-9(12)5-10(13)11(8)15-2/h4-5,7H,3,6,14H2,1-2H3. The molecule has 0 saturated heterocycles. The number of methoxy groups -OCH3 is 1. The number of hydrogen-bond donors (Lipinski definition) is 1. The van der Waals surface area contributed by atoms with Crippen molar-refractivity contribution in [2.24, 2.45) is 11.7 Å². The maximum Gasteiger partial charge on any atom is 0.168 e. The molecule has 0 bridgehead atoms. The van der Waals surface area contributed by atoms with Crippen molar-refractivity contribution in [3.05, 3.63) is 29.3 Å². The predicted molar refractivity (Wildman–Crippen MR) is 54.8 cm³/mol. The lowest BCUT2D eigenvalue weighted by Gasteiger charge is -2.13. The van der Waals surface area contributed by atoms with Crippen molar-refractivity contribution in [3.63, 3.8) is 0 Å². The normalized spacial score (nSPS) is 12.6. The van der Waals surface area contributed by atoms with Gasteiger partial charge in [-0.3, -0.25) is 0 Å². The van der Waals surface area contributed by atoms with Gasteiger partial charge in [-0.25, -0.2) is 8.78 Å². The van der Waals surface area contributed by atoms with E-state index in [0.29, 0.717) is 18.5 Å². The van der Waals surface area contributed by atoms with E-state index in [1.165, 1.54) is 13.2 Å². The van der Waals surface area contributed by atoms with Crippen molar-refractivity contribution in [2.75, 3.05) is 13.7 Å². The fourth-order valence-corrected chi connectivity index (χ4v) is 1.45. The van der Waals surface area contributed by atoms with E-state index in [0.717, 1.165) is 6.07 Å². The molecule has 0 aliphatic heterocycles. The lowest BCUT2D eigenvalue weighted by molar-refractivity contribution is 0.375. The molecule has 0 aliphatic carbocycles. The van der Waals surface area contributed by atoms with E-state index in [9.17, 15) is 8.78 Å². The Morgan fingerprint density at radius 2 is 2.07 bits per heavy atom. The zero-order valence-corrected chi connectivity index (χ0v) is 8.89. The molecule has 2 N–H and O–H groups in total. The number of ether oxygens (including phenoxy) is 1. The van der Waals surface area contributed by atoms with Crippen LogP contribution in [0.5, 0.6) is 5.75 Å². The summed E-state index contributed by atoms with van der Waals surface area (Å²) in [4.78, 5) is 0. The van der Waals surface area contributed by atoms with Gasteiger partial charge in [0, 0.05) is 11.6 Å². The summed E-state index contributed by atoms with van der Waals surface area (Å²) in [7, 11) is 1.37. The van der Waals surface area contributed by atoms with Crippen LogP contribution < -0.4 is 10.5 Å². The van der Waals surface area contributed by atoms with E-state index < -0.39 is 11.6 Å². The monoisotopic (exact) mass is 215 g/mol. The predicted octanol–water partition coefficient (Wildman–Crippen LogP) is 2.11. The number of rotatable bonds is 4. The summed E-state index contributed by atoms with van der Waals surface area (Å²) in [6, 6.07) is 2.10. The van der Waals surface area contributed by atoms with Gasteiger partial charge in [0.05, 0.1) is 7.11 Å². The Labute approximate surface area is 88.0 Å². The Hall–Kier alpha value is -1.16. The van der Waals surface area contributed by atoms with Gasteiger partial charge in [0.1, 0.15) is 5.82 Å². The van der Waals surface area contributed by atoms with Gasteiger partial charge < -0.3 is 10.5 Å². The van der Waals surface area contributed by atoms with Crippen LogP contribution in [0, 0.1) is 17.6 Å². The zero-order valence-electron chi connectivity index (χ0n) is 8.89. The van der Waals surface area contributed by atoms with Crippen LogP contribution in [0.15, 0.2) is 12.1 Å². The minimum absolute atomic E-state index is 0.108. The molecule has 15 heavy (non-hydrogen) atoms. The zero-order chi connectivity index (χ0) is 11.4. The fourth-order valence-electron chi connectivity index (χ4n) is 1.45. The molecule has 0 aliphatic rings. The highest BCUT2D eigenvalue weighted by atomic mass is 19.1.